The molecule has 0 saturated heterocycles. The van der Waals surface area contributed by atoms with Crippen LogP contribution in [0.4, 0.5) is 5.69 Å². The Hall–Kier alpha value is -2.84. The molecule has 0 aliphatic heterocycles. The Morgan fingerprint density at radius 2 is 1.63 bits per heavy atom. The summed E-state index contributed by atoms with van der Waals surface area (Å²) in [6, 6.07) is 16.0. The van der Waals surface area contributed by atoms with Gasteiger partial charge in [-0.1, -0.05) is 18.2 Å². The van der Waals surface area contributed by atoms with Gasteiger partial charge in [0, 0.05) is 11.8 Å². The van der Waals surface area contributed by atoms with E-state index in [1.54, 1.807) is 36.4 Å². The van der Waals surface area contributed by atoms with Crippen LogP contribution in [0.1, 0.15) is 9.67 Å². The Kier molecular flexibility index (Phi) is 5.48. The molecule has 1 N–H and O–H groups in total. The zero-order valence-electron chi connectivity index (χ0n) is 14.6. The van der Waals surface area contributed by atoms with E-state index in [2.05, 4.69) is 5.32 Å². The Morgan fingerprint density at radius 3 is 2.30 bits per heavy atom. The van der Waals surface area contributed by atoms with Crippen LogP contribution in [0.25, 0.3) is 0 Å². The molecule has 0 fully saturated rings. The van der Waals surface area contributed by atoms with Crippen molar-refractivity contribution in [3.63, 3.8) is 0 Å². The van der Waals surface area contributed by atoms with Crippen LogP contribution in [0, 0.1) is 0 Å². The first-order valence-electron chi connectivity index (χ1n) is 7.89. The van der Waals surface area contributed by atoms with Crippen molar-refractivity contribution in [2.24, 2.45) is 0 Å². The number of sulfone groups is 1. The van der Waals surface area contributed by atoms with Gasteiger partial charge in [0.1, 0.15) is 4.21 Å². The highest BCUT2D eigenvalue weighted by Crippen LogP contribution is 2.31. The zero-order valence-corrected chi connectivity index (χ0v) is 16.3. The maximum Gasteiger partial charge on any atom is 0.265 e. The number of carbonyl (C=O) groups excluding carboxylic acids is 1. The van der Waals surface area contributed by atoms with Crippen molar-refractivity contribution in [3.8, 4) is 11.5 Å². The molecule has 0 spiro atoms. The van der Waals surface area contributed by atoms with Crippen molar-refractivity contribution < 1.29 is 22.7 Å². The smallest absolute Gasteiger partial charge is 0.265 e. The standard InChI is InChI=1S/C19H17NO5S2/c1-24-15-9-8-13(12-16(15)25-2)20-19(21)17-10-11-18(26-17)27(22,23)14-6-4-3-5-7-14/h3-12H,1-2H3,(H,20,21). The maximum absolute atomic E-state index is 12.6. The number of nitrogens with one attached hydrogen (secondary N) is 1. The molecule has 3 rings (SSSR count). The molecule has 0 radical (unpaired) electrons. The van der Waals surface area contributed by atoms with E-state index in [1.807, 2.05) is 0 Å². The van der Waals surface area contributed by atoms with E-state index in [9.17, 15) is 13.2 Å². The lowest BCUT2D eigenvalue weighted by Gasteiger charge is -2.10. The fraction of sp³-hybridized carbons (Fsp3) is 0.105. The zero-order chi connectivity index (χ0) is 19.4. The lowest BCUT2D eigenvalue weighted by Crippen LogP contribution is -2.10. The van der Waals surface area contributed by atoms with Crippen LogP contribution >= 0.6 is 11.3 Å². The second kappa shape index (κ2) is 7.81. The number of hydrogen-bond acceptors (Lipinski definition) is 6. The minimum Gasteiger partial charge on any atom is -0.493 e. The predicted octanol–water partition coefficient (Wildman–Crippen LogP) is 3.85. The molecule has 8 heteroatoms. The summed E-state index contributed by atoms with van der Waals surface area (Å²) < 4.78 is 35.7. The van der Waals surface area contributed by atoms with Crippen LogP contribution in [0.5, 0.6) is 11.5 Å². The highest BCUT2D eigenvalue weighted by molar-refractivity contribution is 7.93. The van der Waals surface area contributed by atoms with Gasteiger partial charge in [-0.2, -0.15) is 0 Å². The minimum absolute atomic E-state index is 0.117. The first-order chi connectivity index (χ1) is 13.0. The molecule has 0 aliphatic rings. The van der Waals surface area contributed by atoms with Crippen LogP contribution < -0.4 is 14.8 Å². The highest BCUT2D eigenvalue weighted by Gasteiger charge is 2.21. The van der Waals surface area contributed by atoms with Crippen molar-refractivity contribution >= 4 is 32.8 Å². The van der Waals surface area contributed by atoms with Crippen LogP contribution in [0.2, 0.25) is 0 Å². The summed E-state index contributed by atoms with van der Waals surface area (Å²) in [7, 11) is -0.615. The molecule has 1 aromatic heterocycles. The van der Waals surface area contributed by atoms with Crippen molar-refractivity contribution in [1.82, 2.24) is 0 Å². The average Bonchev–Trinajstić information content (AvgIpc) is 3.20. The van der Waals surface area contributed by atoms with Crippen molar-refractivity contribution in [1.29, 1.82) is 0 Å². The Labute approximate surface area is 161 Å². The third-order valence-electron chi connectivity index (χ3n) is 3.76. The van der Waals surface area contributed by atoms with E-state index < -0.39 is 15.7 Å². The van der Waals surface area contributed by atoms with E-state index in [0.29, 0.717) is 22.1 Å². The maximum atomic E-state index is 12.6. The van der Waals surface area contributed by atoms with Crippen LogP contribution in [0.3, 0.4) is 0 Å². The molecule has 0 saturated carbocycles. The predicted molar refractivity (Wildman–Crippen MR) is 104 cm³/mol. The summed E-state index contributed by atoms with van der Waals surface area (Å²) in [5.74, 6) is 0.624. The molecule has 6 nitrogen and oxygen atoms in total. The fourth-order valence-electron chi connectivity index (χ4n) is 2.41. The summed E-state index contributed by atoms with van der Waals surface area (Å²) in [6.07, 6.45) is 0. The molecule has 0 unspecified atom stereocenters. The Bertz CT molecular complexity index is 1060. The first kappa shape index (κ1) is 18.9. The number of rotatable bonds is 6. The van der Waals surface area contributed by atoms with Gasteiger partial charge in [-0.15, -0.1) is 11.3 Å². The molecule has 0 aliphatic carbocycles. The first-order valence-corrected chi connectivity index (χ1v) is 10.2. The lowest BCUT2D eigenvalue weighted by molar-refractivity contribution is 0.103. The molecule has 1 amide bonds. The molecular formula is C19H17NO5S2. The molecular weight excluding hydrogens is 386 g/mol. The molecule has 3 aromatic rings. The van der Waals surface area contributed by atoms with Crippen LogP contribution in [-0.4, -0.2) is 28.5 Å². The van der Waals surface area contributed by atoms with E-state index in [1.165, 1.54) is 38.5 Å². The van der Waals surface area contributed by atoms with Gasteiger partial charge in [0.25, 0.3) is 5.91 Å². The van der Waals surface area contributed by atoms with Gasteiger partial charge >= 0.3 is 0 Å². The summed E-state index contributed by atoms with van der Waals surface area (Å²) in [4.78, 5) is 13.0. The number of ether oxygens (including phenoxy) is 2. The SMILES string of the molecule is COc1ccc(NC(=O)c2ccc(S(=O)(=O)c3ccccc3)s2)cc1OC. The molecule has 140 valence electrons. The Balaban J connectivity index is 1.82. The van der Waals surface area contributed by atoms with Crippen LogP contribution in [0.15, 0.2) is 69.8 Å². The molecule has 0 bridgehead atoms. The van der Waals surface area contributed by atoms with Gasteiger partial charge in [0.05, 0.1) is 24.0 Å². The number of methoxy groups -OCH3 is 2. The summed E-state index contributed by atoms with van der Waals surface area (Å²) in [5.41, 5.74) is 0.513. The molecule has 27 heavy (non-hydrogen) atoms. The summed E-state index contributed by atoms with van der Waals surface area (Å²) in [5, 5.41) is 2.73. The summed E-state index contributed by atoms with van der Waals surface area (Å²) in [6.45, 7) is 0. The third kappa shape index (κ3) is 3.96. The monoisotopic (exact) mass is 403 g/mol. The van der Waals surface area contributed by atoms with E-state index >= 15 is 0 Å². The van der Waals surface area contributed by atoms with Gasteiger partial charge < -0.3 is 14.8 Å². The van der Waals surface area contributed by atoms with Gasteiger partial charge in [-0.05, 0) is 36.4 Å². The fourth-order valence-corrected chi connectivity index (χ4v) is 5.03. The van der Waals surface area contributed by atoms with E-state index in [0.717, 1.165) is 11.3 Å². The number of carbonyl (C=O) groups is 1. The number of hydrogen-bond donors (Lipinski definition) is 1. The lowest BCUT2D eigenvalue weighted by atomic mass is 10.2. The highest BCUT2D eigenvalue weighted by atomic mass is 32.2. The van der Waals surface area contributed by atoms with Gasteiger partial charge in [-0.25, -0.2) is 8.42 Å². The second-order valence-corrected chi connectivity index (χ2v) is 8.72. The third-order valence-corrected chi connectivity index (χ3v) is 7.11. The van der Waals surface area contributed by atoms with Crippen molar-refractivity contribution in [2.75, 3.05) is 19.5 Å². The largest absolute Gasteiger partial charge is 0.493 e. The normalized spacial score (nSPS) is 11.0. The van der Waals surface area contributed by atoms with Crippen molar-refractivity contribution in [3.05, 3.63) is 65.5 Å². The minimum atomic E-state index is -3.64. The number of thiophene rings is 1. The van der Waals surface area contributed by atoms with E-state index in [-0.39, 0.29) is 9.10 Å². The van der Waals surface area contributed by atoms with Gasteiger partial charge in [0.2, 0.25) is 9.84 Å². The Morgan fingerprint density at radius 1 is 0.926 bits per heavy atom. The van der Waals surface area contributed by atoms with Crippen molar-refractivity contribution in [2.45, 2.75) is 9.10 Å². The second-order valence-electron chi connectivity index (χ2n) is 5.46. The average molecular weight is 403 g/mol. The van der Waals surface area contributed by atoms with E-state index in [4.69, 9.17) is 9.47 Å². The topological polar surface area (TPSA) is 81.7 Å². The number of benzene rings is 2. The molecule has 1 heterocycles. The number of amides is 1. The van der Waals surface area contributed by atoms with Gasteiger partial charge in [-0.3, -0.25) is 4.79 Å². The molecule has 0 atom stereocenters. The quantitative estimate of drug-likeness (QED) is 0.676. The van der Waals surface area contributed by atoms with Crippen LogP contribution in [-0.2, 0) is 9.84 Å². The van der Waals surface area contributed by atoms with Gasteiger partial charge in [0.15, 0.2) is 11.5 Å². The summed E-state index contributed by atoms with van der Waals surface area (Å²) >= 11 is 0.924. The number of anilines is 1. The molecule has 2 aromatic carbocycles.